The van der Waals surface area contributed by atoms with Gasteiger partial charge in [0.05, 0.1) is 0 Å². The van der Waals surface area contributed by atoms with E-state index in [4.69, 9.17) is 9.05 Å². The number of hydrogen-bond acceptors (Lipinski definition) is 4. The van der Waals surface area contributed by atoms with Gasteiger partial charge in [-0.05, 0) is 41.5 Å². The fourth-order valence-electron chi connectivity index (χ4n) is 0.509. The molecule has 0 spiro atoms. The van der Waals surface area contributed by atoms with E-state index in [1.165, 1.54) is 11.1 Å². The normalized spacial score (nSPS) is 9.47. The molecule has 0 radical (unpaired) electrons. The molecular formula is C10H22N2O2Si. The maximum atomic E-state index is 5.21. The Bertz CT molecular complexity index is 228. The second-order valence-electron chi connectivity index (χ2n) is 3.86. The first-order valence-corrected chi connectivity index (χ1v) is 6.14. The number of nitrogens with one attached hydrogen (secondary N) is 2. The van der Waals surface area contributed by atoms with Gasteiger partial charge < -0.3 is 0 Å². The second-order valence-corrected chi connectivity index (χ2v) is 4.67. The van der Waals surface area contributed by atoms with Crippen LogP contribution in [0.3, 0.4) is 0 Å². The summed E-state index contributed by atoms with van der Waals surface area (Å²) in [5, 5.41) is 0. The van der Waals surface area contributed by atoms with Crippen molar-refractivity contribution >= 4 is 10.0 Å². The molecule has 0 unspecified atom stereocenters. The van der Waals surface area contributed by atoms with E-state index in [1.54, 1.807) is 0 Å². The molecule has 0 fully saturated rings. The molecule has 0 saturated carbocycles. The number of hydrogen-bond donors (Lipinski definition) is 2. The molecule has 0 amide bonds. The van der Waals surface area contributed by atoms with Gasteiger partial charge in [0.25, 0.3) is 0 Å². The Morgan fingerprint density at radius 3 is 1.33 bits per heavy atom. The third kappa shape index (κ3) is 7.18. The van der Waals surface area contributed by atoms with Crippen LogP contribution in [0.15, 0.2) is 22.5 Å². The number of hydroxylamine groups is 2. The van der Waals surface area contributed by atoms with Crippen LogP contribution in [0.5, 0.6) is 0 Å². The van der Waals surface area contributed by atoms with Gasteiger partial charge in [-0.3, -0.25) is 20.0 Å². The quantitative estimate of drug-likeness (QED) is 0.414. The van der Waals surface area contributed by atoms with Crippen molar-refractivity contribution < 1.29 is 9.05 Å². The predicted molar refractivity (Wildman–Crippen MR) is 65.1 cm³/mol. The highest BCUT2D eigenvalue weighted by molar-refractivity contribution is 6.17. The Morgan fingerprint density at radius 1 is 0.733 bits per heavy atom. The van der Waals surface area contributed by atoms with Crippen LogP contribution in [0.2, 0.25) is 0 Å². The minimum Gasteiger partial charge on any atom is -0.293 e. The second kappa shape index (κ2) is 7.50. The lowest BCUT2D eigenvalue weighted by molar-refractivity contribution is 0.134. The standard InChI is InChI=1S/C10H22N2O2Si/c1-7(2)9(5)11-13-15-14-12-10(6)8(3)4/h11-12H,15H2,1-6H3. The van der Waals surface area contributed by atoms with E-state index in [0.717, 1.165) is 11.4 Å². The summed E-state index contributed by atoms with van der Waals surface area (Å²) in [6, 6.07) is 0. The monoisotopic (exact) mass is 230 g/mol. The third-order valence-electron chi connectivity index (χ3n) is 2.07. The molecule has 15 heavy (non-hydrogen) atoms. The SMILES string of the molecule is CC(C)=C(C)NO[SiH2]ONC(C)=C(C)C. The van der Waals surface area contributed by atoms with Gasteiger partial charge >= 0.3 is 10.0 Å². The van der Waals surface area contributed by atoms with Crippen molar-refractivity contribution in [3.8, 4) is 0 Å². The molecule has 4 nitrogen and oxygen atoms in total. The van der Waals surface area contributed by atoms with Crippen LogP contribution in [0.4, 0.5) is 0 Å². The van der Waals surface area contributed by atoms with Crippen molar-refractivity contribution in [3.63, 3.8) is 0 Å². The summed E-state index contributed by atoms with van der Waals surface area (Å²) in [6.07, 6.45) is 0. The van der Waals surface area contributed by atoms with Crippen LogP contribution in [0.25, 0.3) is 0 Å². The van der Waals surface area contributed by atoms with Gasteiger partial charge in [-0.25, -0.2) is 0 Å². The fourth-order valence-corrected chi connectivity index (χ4v) is 1.12. The Morgan fingerprint density at radius 2 is 1.07 bits per heavy atom. The van der Waals surface area contributed by atoms with Gasteiger partial charge in [0.1, 0.15) is 0 Å². The summed E-state index contributed by atoms with van der Waals surface area (Å²) in [5.41, 5.74) is 10.2. The molecule has 88 valence electrons. The molecule has 2 N–H and O–H groups in total. The van der Waals surface area contributed by atoms with Gasteiger partial charge in [-0.1, -0.05) is 11.1 Å². The molecular weight excluding hydrogens is 208 g/mol. The van der Waals surface area contributed by atoms with Crippen LogP contribution >= 0.6 is 0 Å². The maximum Gasteiger partial charge on any atom is 0.362 e. The zero-order valence-electron chi connectivity index (χ0n) is 10.5. The van der Waals surface area contributed by atoms with E-state index in [-0.39, 0.29) is 0 Å². The van der Waals surface area contributed by atoms with E-state index in [0.29, 0.717) is 0 Å². The minimum atomic E-state index is -1.03. The van der Waals surface area contributed by atoms with E-state index >= 15 is 0 Å². The van der Waals surface area contributed by atoms with E-state index < -0.39 is 10.0 Å². The van der Waals surface area contributed by atoms with E-state index in [2.05, 4.69) is 11.0 Å². The van der Waals surface area contributed by atoms with Crippen molar-refractivity contribution in [2.24, 2.45) is 0 Å². The van der Waals surface area contributed by atoms with Crippen molar-refractivity contribution in [1.29, 1.82) is 0 Å². The topological polar surface area (TPSA) is 42.5 Å². The Balaban J connectivity index is 3.58. The average molecular weight is 230 g/mol. The summed E-state index contributed by atoms with van der Waals surface area (Å²) in [6.45, 7) is 12.1. The van der Waals surface area contributed by atoms with Crippen LogP contribution in [0.1, 0.15) is 41.5 Å². The highest BCUT2D eigenvalue weighted by Gasteiger charge is 1.94. The molecule has 5 heteroatoms. The van der Waals surface area contributed by atoms with Crippen LogP contribution < -0.4 is 11.0 Å². The zero-order chi connectivity index (χ0) is 11.8. The Kier molecular flexibility index (Phi) is 7.11. The summed E-state index contributed by atoms with van der Waals surface area (Å²) in [7, 11) is -1.03. The van der Waals surface area contributed by atoms with Crippen molar-refractivity contribution in [2.45, 2.75) is 41.5 Å². The third-order valence-corrected chi connectivity index (χ3v) is 2.59. The van der Waals surface area contributed by atoms with Gasteiger partial charge in [-0.15, -0.1) is 0 Å². The van der Waals surface area contributed by atoms with Crippen LogP contribution in [0, 0.1) is 0 Å². The minimum absolute atomic E-state index is 1.03. The van der Waals surface area contributed by atoms with Crippen molar-refractivity contribution in [2.75, 3.05) is 0 Å². The molecule has 0 aliphatic rings. The Labute approximate surface area is 94.7 Å². The molecule has 0 heterocycles. The maximum absolute atomic E-state index is 5.21. The fraction of sp³-hybridized carbons (Fsp3) is 0.600. The lowest BCUT2D eigenvalue weighted by Gasteiger charge is -2.11. The first kappa shape index (κ1) is 14.2. The van der Waals surface area contributed by atoms with E-state index in [9.17, 15) is 0 Å². The molecule has 0 bridgehead atoms. The number of allylic oxidation sites excluding steroid dienone is 4. The molecule has 0 atom stereocenters. The largest absolute Gasteiger partial charge is 0.362 e. The summed E-state index contributed by atoms with van der Waals surface area (Å²) < 4.78 is 10.4. The molecule has 0 saturated heterocycles. The van der Waals surface area contributed by atoms with Gasteiger partial charge in [-0.2, -0.15) is 0 Å². The average Bonchev–Trinajstić information content (AvgIpc) is 2.16. The van der Waals surface area contributed by atoms with Gasteiger partial charge in [0, 0.05) is 11.4 Å². The van der Waals surface area contributed by atoms with E-state index in [1.807, 2.05) is 41.5 Å². The van der Waals surface area contributed by atoms with Crippen LogP contribution in [-0.4, -0.2) is 10.0 Å². The molecule has 0 aromatic carbocycles. The molecule has 0 aliphatic carbocycles. The molecule has 0 aromatic heterocycles. The molecule has 0 aromatic rings. The zero-order valence-corrected chi connectivity index (χ0v) is 11.9. The predicted octanol–water partition coefficient (Wildman–Crippen LogP) is 1.66. The molecule has 0 aliphatic heterocycles. The van der Waals surface area contributed by atoms with Crippen molar-refractivity contribution in [1.82, 2.24) is 11.0 Å². The lowest BCUT2D eigenvalue weighted by atomic mass is 10.3. The Hall–Kier alpha value is -0.783. The molecule has 0 rings (SSSR count). The van der Waals surface area contributed by atoms with Gasteiger partial charge in [0.2, 0.25) is 0 Å². The number of rotatable bonds is 6. The first-order chi connectivity index (χ1) is 6.95. The van der Waals surface area contributed by atoms with Crippen molar-refractivity contribution in [3.05, 3.63) is 22.5 Å². The first-order valence-electron chi connectivity index (χ1n) is 4.99. The highest BCUT2D eigenvalue weighted by Crippen LogP contribution is 1.97. The smallest absolute Gasteiger partial charge is 0.293 e. The summed E-state index contributed by atoms with van der Waals surface area (Å²) in [5.74, 6) is 0. The lowest BCUT2D eigenvalue weighted by Crippen LogP contribution is -2.23. The summed E-state index contributed by atoms with van der Waals surface area (Å²) in [4.78, 5) is 0. The highest BCUT2D eigenvalue weighted by atomic mass is 28.3. The summed E-state index contributed by atoms with van der Waals surface area (Å²) >= 11 is 0. The van der Waals surface area contributed by atoms with Crippen LogP contribution in [-0.2, 0) is 9.05 Å². The van der Waals surface area contributed by atoms with Gasteiger partial charge in [0.15, 0.2) is 0 Å².